The van der Waals surface area contributed by atoms with Gasteiger partial charge in [-0.1, -0.05) is 54.6 Å². The van der Waals surface area contributed by atoms with Gasteiger partial charge in [0.2, 0.25) is 0 Å². The number of nitrogens with zero attached hydrogens (tertiary/aromatic N) is 1. The highest BCUT2D eigenvalue weighted by atomic mass is 16.4. The maximum absolute atomic E-state index is 11.6. The summed E-state index contributed by atoms with van der Waals surface area (Å²) in [5, 5.41) is 11.6. The minimum atomic E-state index is -0.941. The van der Waals surface area contributed by atoms with Crippen LogP contribution in [-0.2, 0) is 11.3 Å². The third-order valence-corrected chi connectivity index (χ3v) is 4.54. The minimum absolute atomic E-state index is 0.00918. The molecule has 2 unspecified atom stereocenters. The summed E-state index contributed by atoms with van der Waals surface area (Å²) in [6.07, 6.45) is 0. The molecule has 2 aromatic rings. The number of hydrogen-bond donors (Lipinski definition) is 0. The lowest BCUT2D eigenvalue weighted by atomic mass is 9.86. The number of hydrogen-bond acceptors (Lipinski definition) is 3. The fourth-order valence-corrected chi connectivity index (χ4v) is 3.41. The van der Waals surface area contributed by atoms with Crippen LogP contribution in [-0.4, -0.2) is 24.0 Å². The molecule has 22 heavy (non-hydrogen) atoms. The van der Waals surface area contributed by atoms with Crippen molar-refractivity contribution in [2.45, 2.75) is 19.4 Å². The molecule has 1 aliphatic heterocycles. The fourth-order valence-electron chi connectivity index (χ4n) is 3.41. The number of carboxylic acids is 1. The molecule has 0 saturated carbocycles. The summed E-state index contributed by atoms with van der Waals surface area (Å²) in [7, 11) is 0. The largest absolute Gasteiger partial charge is 0.550 e. The van der Waals surface area contributed by atoms with Crippen LogP contribution in [0, 0.1) is 12.8 Å². The molecule has 0 bridgehead atoms. The number of aryl methyl sites for hydroxylation is 1. The average molecular weight is 294 g/mol. The van der Waals surface area contributed by atoms with Crippen LogP contribution in [0.3, 0.4) is 0 Å². The lowest BCUT2D eigenvalue weighted by molar-refractivity contribution is -0.311. The smallest absolute Gasteiger partial charge is 0.0464 e. The van der Waals surface area contributed by atoms with Crippen molar-refractivity contribution in [3.8, 4) is 0 Å². The Labute approximate surface area is 131 Å². The van der Waals surface area contributed by atoms with E-state index in [0.29, 0.717) is 6.54 Å². The summed E-state index contributed by atoms with van der Waals surface area (Å²) < 4.78 is 0. The summed E-state index contributed by atoms with van der Waals surface area (Å²) in [4.78, 5) is 13.8. The standard InChI is InChI=1S/C19H21NO2/c1-14-7-5-6-10-16(14)17-12-20(13-18(17)19(21)22)11-15-8-3-2-4-9-15/h2-10,17-18H,11-13H2,1H3,(H,21,22)/p-1. The molecule has 0 amide bonds. The van der Waals surface area contributed by atoms with Crippen LogP contribution in [0.1, 0.15) is 22.6 Å². The molecular weight excluding hydrogens is 274 g/mol. The van der Waals surface area contributed by atoms with Gasteiger partial charge in [0.15, 0.2) is 0 Å². The topological polar surface area (TPSA) is 43.4 Å². The zero-order chi connectivity index (χ0) is 15.5. The Morgan fingerprint density at radius 2 is 1.77 bits per heavy atom. The van der Waals surface area contributed by atoms with Gasteiger partial charge in [0, 0.05) is 37.4 Å². The molecule has 0 spiro atoms. The van der Waals surface area contributed by atoms with Crippen LogP contribution in [0.4, 0.5) is 0 Å². The van der Waals surface area contributed by atoms with Gasteiger partial charge in [-0.15, -0.1) is 0 Å². The van der Waals surface area contributed by atoms with Crippen LogP contribution in [0.15, 0.2) is 54.6 Å². The summed E-state index contributed by atoms with van der Waals surface area (Å²) in [5.41, 5.74) is 3.50. The first-order chi connectivity index (χ1) is 10.6. The molecule has 1 heterocycles. The lowest BCUT2D eigenvalue weighted by Crippen LogP contribution is -2.35. The van der Waals surface area contributed by atoms with Crippen LogP contribution in [0.25, 0.3) is 0 Å². The summed E-state index contributed by atoms with van der Waals surface area (Å²) in [5.74, 6) is -1.37. The van der Waals surface area contributed by atoms with Gasteiger partial charge in [-0.05, 0) is 23.6 Å². The number of rotatable bonds is 4. The Morgan fingerprint density at radius 1 is 1.09 bits per heavy atom. The van der Waals surface area contributed by atoms with E-state index in [1.807, 2.05) is 49.4 Å². The Hall–Kier alpha value is -2.13. The molecule has 0 radical (unpaired) electrons. The van der Waals surface area contributed by atoms with E-state index >= 15 is 0 Å². The van der Waals surface area contributed by atoms with Gasteiger partial charge < -0.3 is 9.90 Å². The maximum atomic E-state index is 11.6. The SMILES string of the molecule is Cc1ccccc1C1CN(Cc2ccccc2)CC1C(=O)[O-]. The van der Waals surface area contributed by atoms with E-state index in [4.69, 9.17) is 0 Å². The monoisotopic (exact) mass is 294 g/mol. The van der Waals surface area contributed by atoms with Crippen LogP contribution < -0.4 is 5.11 Å². The highest BCUT2D eigenvalue weighted by Gasteiger charge is 2.35. The number of likely N-dealkylation sites (tertiary alicyclic amines) is 1. The second kappa shape index (κ2) is 6.32. The zero-order valence-corrected chi connectivity index (χ0v) is 12.7. The molecule has 3 nitrogen and oxygen atoms in total. The van der Waals surface area contributed by atoms with Crippen molar-refractivity contribution in [1.29, 1.82) is 0 Å². The summed E-state index contributed by atoms with van der Waals surface area (Å²) in [6.45, 7) is 4.14. The second-order valence-electron chi connectivity index (χ2n) is 6.07. The third-order valence-electron chi connectivity index (χ3n) is 4.54. The van der Waals surface area contributed by atoms with Crippen molar-refractivity contribution in [2.24, 2.45) is 5.92 Å². The number of carbonyl (C=O) groups excluding carboxylic acids is 1. The van der Waals surface area contributed by atoms with Crippen molar-refractivity contribution < 1.29 is 9.90 Å². The third kappa shape index (κ3) is 3.04. The first kappa shape index (κ1) is 14.8. The van der Waals surface area contributed by atoms with Crippen molar-refractivity contribution in [2.75, 3.05) is 13.1 Å². The summed E-state index contributed by atoms with van der Waals surface area (Å²) in [6, 6.07) is 18.2. The van der Waals surface area contributed by atoms with E-state index in [9.17, 15) is 9.90 Å². The van der Waals surface area contributed by atoms with Gasteiger partial charge in [-0.2, -0.15) is 0 Å². The molecule has 114 valence electrons. The Kier molecular flexibility index (Phi) is 4.25. The number of carboxylic acid groups (broad SMARTS) is 1. The van der Waals surface area contributed by atoms with Gasteiger partial charge in [-0.25, -0.2) is 0 Å². The predicted octanol–water partition coefficient (Wildman–Crippen LogP) is 1.96. The maximum Gasteiger partial charge on any atom is 0.0464 e. The van der Waals surface area contributed by atoms with Crippen molar-refractivity contribution >= 4 is 5.97 Å². The molecule has 0 aromatic heterocycles. The van der Waals surface area contributed by atoms with Crippen LogP contribution in [0.2, 0.25) is 0 Å². The molecular formula is C19H20NO2-. The average Bonchev–Trinajstić information content (AvgIpc) is 2.92. The van der Waals surface area contributed by atoms with Gasteiger partial charge in [0.25, 0.3) is 0 Å². The molecule has 3 heteroatoms. The van der Waals surface area contributed by atoms with Gasteiger partial charge in [0.05, 0.1) is 0 Å². The first-order valence-electron chi connectivity index (χ1n) is 7.68. The molecule has 1 saturated heterocycles. The van der Waals surface area contributed by atoms with Gasteiger partial charge >= 0.3 is 0 Å². The van der Waals surface area contributed by atoms with Crippen LogP contribution >= 0.6 is 0 Å². The normalized spacial score (nSPS) is 21.9. The van der Waals surface area contributed by atoms with E-state index < -0.39 is 11.9 Å². The number of benzene rings is 2. The fraction of sp³-hybridized carbons (Fsp3) is 0.316. The van der Waals surface area contributed by atoms with E-state index in [0.717, 1.165) is 24.2 Å². The van der Waals surface area contributed by atoms with Crippen molar-refractivity contribution in [1.82, 2.24) is 4.90 Å². The predicted molar refractivity (Wildman–Crippen MR) is 84.1 cm³/mol. The van der Waals surface area contributed by atoms with Crippen molar-refractivity contribution in [3.63, 3.8) is 0 Å². The molecule has 1 aliphatic rings. The quantitative estimate of drug-likeness (QED) is 0.866. The molecule has 2 aromatic carbocycles. The minimum Gasteiger partial charge on any atom is -0.550 e. The van der Waals surface area contributed by atoms with Gasteiger partial charge in [0.1, 0.15) is 0 Å². The van der Waals surface area contributed by atoms with E-state index in [2.05, 4.69) is 17.0 Å². The molecule has 0 N–H and O–H groups in total. The Bertz CT molecular complexity index is 653. The second-order valence-corrected chi connectivity index (χ2v) is 6.07. The number of aliphatic carboxylic acids is 1. The van der Waals surface area contributed by atoms with E-state index in [-0.39, 0.29) is 5.92 Å². The van der Waals surface area contributed by atoms with Gasteiger partial charge in [-0.3, -0.25) is 4.90 Å². The number of carbonyl (C=O) groups is 1. The highest BCUT2D eigenvalue weighted by Crippen LogP contribution is 2.34. The van der Waals surface area contributed by atoms with Crippen molar-refractivity contribution in [3.05, 3.63) is 71.3 Å². The Balaban J connectivity index is 1.81. The lowest BCUT2D eigenvalue weighted by Gasteiger charge is -2.21. The Morgan fingerprint density at radius 3 is 2.45 bits per heavy atom. The van der Waals surface area contributed by atoms with Crippen LogP contribution in [0.5, 0.6) is 0 Å². The summed E-state index contributed by atoms with van der Waals surface area (Å²) >= 11 is 0. The molecule has 1 fully saturated rings. The zero-order valence-electron chi connectivity index (χ0n) is 12.7. The molecule has 3 rings (SSSR count). The first-order valence-corrected chi connectivity index (χ1v) is 7.68. The van der Waals surface area contributed by atoms with E-state index in [1.54, 1.807) is 0 Å². The highest BCUT2D eigenvalue weighted by molar-refractivity contribution is 5.70. The molecule has 0 aliphatic carbocycles. The molecule has 2 atom stereocenters. The van der Waals surface area contributed by atoms with E-state index in [1.165, 1.54) is 5.56 Å².